The van der Waals surface area contributed by atoms with Crippen LogP contribution in [0.15, 0.2) is 36.5 Å². The average molecular weight is 292 g/mol. The smallest absolute Gasteiger partial charge is 0.262 e. The van der Waals surface area contributed by atoms with Gasteiger partial charge in [0, 0.05) is 5.69 Å². The van der Waals surface area contributed by atoms with Crippen LogP contribution in [0.4, 0.5) is 11.4 Å². The Morgan fingerprint density at radius 2 is 2.10 bits per heavy atom. The predicted molar refractivity (Wildman–Crippen MR) is 79.0 cm³/mol. The molecule has 1 aromatic heterocycles. The van der Waals surface area contributed by atoms with Gasteiger partial charge < -0.3 is 15.8 Å². The number of benzene rings is 1. The standard InChI is InChI=1S/C14H14ClN3O2/c1-9-6-11(7-17-14(9)15)18-13(19)8-20-12-4-2-10(16)3-5-12/h2-7H,8,16H2,1H3,(H,18,19). The van der Waals surface area contributed by atoms with Crippen molar-refractivity contribution < 1.29 is 9.53 Å². The van der Waals surface area contributed by atoms with Gasteiger partial charge in [-0.25, -0.2) is 4.98 Å². The second-order valence-corrected chi connectivity index (χ2v) is 4.60. The minimum absolute atomic E-state index is 0.0917. The number of rotatable bonds is 4. The fraction of sp³-hybridized carbons (Fsp3) is 0.143. The molecular weight excluding hydrogens is 278 g/mol. The topological polar surface area (TPSA) is 77.2 Å². The summed E-state index contributed by atoms with van der Waals surface area (Å²) in [6, 6.07) is 8.57. The first-order valence-corrected chi connectivity index (χ1v) is 6.33. The molecule has 0 bridgehead atoms. The van der Waals surface area contributed by atoms with E-state index in [1.807, 2.05) is 6.92 Å². The third kappa shape index (κ3) is 3.86. The molecule has 104 valence electrons. The summed E-state index contributed by atoms with van der Waals surface area (Å²) < 4.78 is 5.33. The number of halogens is 1. The van der Waals surface area contributed by atoms with Crippen molar-refractivity contribution in [1.82, 2.24) is 4.98 Å². The Morgan fingerprint density at radius 1 is 1.40 bits per heavy atom. The van der Waals surface area contributed by atoms with E-state index in [0.29, 0.717) is 22.3 Å². The summed E-state index contributed by atoms with van der Waals surface area (Å²) in [7, 11) is 0. The molecule has 0 aliphatic rings. The van der Waals surface area contributed by atoms with Gasteiger partial charge in [-0.3, -0.25) is 4.79 Å². The lowest BCUT2D eigenvalue weighted by atomic mass is 10.3. The number of amides is 1. The first-order chi connectivity index (χ1) is 9.54. The number of ether oxygens (including phenoxy) is 1. The Bertz CT molecular complexity index is 614. The maximum Gasteiger partial charge on any atom is 0.262 e. The van der Waals surface area contributed by atoms with Crippen molar-refractivity contribution in [1.29, 1.82) is 0 Å². The Labute approximate surface area is 121 Å². The maximum absolute atomic E-state index is 11.7. The van der Waals surface area contributed by atoms with Crippen LogP contribution in [0.3, 0.4) is 0 Å². The summed E-state index contributed by atoms with van der Waals surface area (Å²) in [5.41, 5.74) is 7.58. The summed E-state index contributed by atoms with van der Waals surface area (Å²) in [5.74, 6) is 0.310. The van der Waals surface area contributed by atoms with Crippen LogP contribution < -0.4 is 15.8 Å². The predicted octanol–water partition coefficient (Wildman–Crippen LogP) is 2.64. The van der Waals surface area contributed by atoms with Crippen molar-refractivity contribution in [2.75, 3.05) is 17.7 Å². The second-order valence-electron chi connectivity index (χ2n) is 4.24. The molecule has 0 fully saturated rings. The number of aromatic nitrogens is 1. The minimum Gasteiger partial charge on any atom is -0.484 e. The SMILES string of the molecule is Cc1cc(NC(=O)COc2ccc(N)cc2)cnc1Cl. The molecule has 1 heterocycles. The van der Waals surface area contributed by atoms with Crippen molar-refractivity contribution in [3.05, 3.63) is 47.2 Å². The van der Waals surface area contributed by atoms with Crippen LogP contribution in [0.1, 0.15) is 5.56 Å². The number of nitrogen functional groups attached to an aromatic ring is 1. The van der Waals surface area contributed by atoms with Crippen LogP contribution >= 0.6 is 11.6 Å². The van der Waals surface area contributed by atoms with Crippen LogP contribution in [-0.4, -0.2) is 17.5 Å². The molecule has 2 aromatic rings. The molecule has 1 amide bonds. The number of carbonyl (C=O) groups is 1. The normalized spacial score (nSPS) is 10.1. The van der Waals surface area contributed by atoms with Gasteiger partial charge in [0.2, 0.25) is 0 Å². The van der Waals surface area contributed by atoms with E-state index in [4.69, 9.17) is 22.1 Å². The van der Waals surface area contributed by atoms with Crippen LogP contribution in [0.5, 0.6) is 5.75 Å². The van der Waals surface area contributed by atoms with Crippen molar-refractivity contribution in [3.8, 4) is 5.75 Å². The molecule has 0 saturated carbocycles. The van der Waals surface area contributed by atoms with Crippen molar-refractivity contribution in [2.45, 2.75) is 6.92 Å². The van der Waals surface area contributed by atoms with Gasteiger partial charge in [0.05, 0.1) is 11.9 Å². The number of anilines is 2. The van der Waals surface area contributed by atoms with Crippen LogP contribution in [0, 0.1) is 6.92 Å². The van der Waals surface area contributed by atoms with E-state index in [9.17, 15) is 4.79 Å². The second kappa shape index (κ2) is 6.25. The molecule has 1 aromatic carbocycles. The quantitative estimate of drug-likeness (QED) is 0.670. The Morgan fingerprint density at radius 3 is 2.75 bits per heavy atom. The fourth-order valence-electron chi connectivity index (χ4n) is 1.54. The van der Waals surface area contributed by atoms with Gasteiger partial charge in [0.15, 0.2) is 6.61 Å². The lowest BCUT2D eigenvalue weighted by Gasteiger charge is -2.08. The number of nitrogens with two attached hydrogens (primary N) is 1. The highest BCUT2D eigenvalue weighted by Crippen LogP contribution is 2.16. The molecule has 0 aliphatic heterocycles. The van der Waals surface area contributed by atoms with E-state index < -0.39 is 0 Å². The molecule has 0 radical (unpaired) electrons. The molecule has 0 aliphatic carbocycles. The molecule has 6 heteroatoms. The van der Waals surface area contributed by atoms with Crippen molar-refractivity contribution >= 4 is 28.9 Å². The molecule has 2 rings (SSSR count). The van der Waals surface area contributed by atoms with E-state index in [0.717, 1.165) is 5.56 Å². The number of aryl methyl sites for hydroxylation is 1. The van der Waals surface area contributed by atoms with Crippen LogP contribution in [0.25, 0.3) is 0 Å². The van der Waals surface area contributed by atoms with Crippen LogP contribution in [-0.2, 0) is 4.79 Å². The van der Waals surface area contributed by atoms with Crippen LogP contribution in [0.2, 0.25) is 5.15 Å². The first-order valence-electron chi connectivity index (χ1n) is 5.95. The highest BCUT2D eigenvalue weighted by molar-refractivity contribution is 6.30. The molecule has 5 nitrogen and oxygen atoms in total. The maximum atomic E-state index is 11.7. The highest BCUT2D eigenvalue weighted by atomic mass is 35.5. The monoisotopic (exact) mass is 291 g/mol. The summed E-state index contributed by atoms with van der Waals surface area (Å²) in [6.07, 6.45) is 1.50. The Kier molecular flexibility index (Phi) is 4.42. The van der Waals surface area contributed by atoms with E-state index in [1.165, 1.54) is 6.20 Å². The van der Waals surface area contributed by atoms with Gasteiger partial charge in [0.1, 0.15) is 10.9 Å². The van der Waals surface area contributed by atoms with Gasteiger partial charge in [-0.2, -0.15) is 0 Å². The molecule has 0 spiro atoms. The lowest BCUT2D eigenvalue weighted by molar-refractivity contribution is -0.118. The number of pyridine rings is 1. The Hall–Kier alpha value is -2.27. The van der Waals surface area contributed by atoms with Gasteiger partial charge in [-0.1, -0.05) is 11.6 Å². The average Bonchev–Trinajstić information content (AvgIpc) is 2.42. The number of carbonyl (C=O) groups excluding carboxylic acids is 1. The largest absolute Gasteiger partial charge is 0.484 e. The molecule has 0 unspecified atom stereocenters. The van der Waals surface area contributed by atoms with E-state index in [1.54, 1.807) is 30.3 Å². The fourth-order valence-corrected chi connectivity index (χ4v) is 1.64. The lowest BCUT2D eigenvalue weighted by Crippen LogP contribution is -2.20. The van der Waals surface area contributed by atoms with Crippen molar-refractivity contribution in [3.63, 3.8) is 0 Å². The number of nitrogens with zero attached hydrogens (tertiary/aromatic N) is 1. The zero-order valence-electron chi connectivity index (χ0n) is 10.9. The van der Waals surface area contributed by atoms with Crippen molar-refractivity contribution in [2.24, 2.45) is 0 Å². The summed E-state index contributed by atoms with van der Waals surface area (Å²) in [6.45, 7) is 1.72. The van der Waals surface area contributed by atoms with E-state index in [-0.39, 0.29) is 12.5 Å². The van der Waals surface area contributed by atoms with Gasteiger partial charge >= 0.3 is 0 Å². The molecule has 20 heavy (non-hydrogen) atoms. The van der Waals surface area contributed by atoms with Gasteiger partial charge in [-0.15, -0.1) is 0 Å². The van der Waals surface area contributed by atoms with Gasteiger partial charge in [0.25, 0.3) is 5.91 Å². The molecule has 0 saturated heterocycles. The number of nitrogens with one attached hydrogen (secondary N) is 1. The summed E-state index contributed by atoms with van der Waals surface area (Å²) in [5, 5.41) is 3.10. The first kappa shape index (κ1) is 14.1. The Balaban J connectivity index is 1.89. The molecular formula is C14H14ClN3O2. The van der Waals surface area contributed by atoms with Gasteiger partial charge in [-0.05, 0) is 42.8 Å². The number of hydrogen-bond acceptors (Lipinski definition) is 4. The molecule has 3 N–H and O–H groups in total. The number of hydrogen-bond donors (Lipinski definition) is 2. The molecule has 0 atom stereocenters. The summed E-state index contributed by atoms with van der Waals surface area (Å²) >= 11 is 5.81. The minimum atomic E-state index is -0.273. The summed E-state index contributed by atoms with van der Waals surface area (Å²) in [4.78, 5) is 15.7. The zero-order valence-corrected chi connectivity index (χ0v) is 11.6. The zero-order chi connectivity index (χ0) is 14.5. The third-order valence-electron chi connectivity index (χ3n) is 2.55. The third-order valence-corrected chi connectivity index (χ3v) is 2.94. The highest BCUT2D eigenvalue weighted by Gasteiger charge is 2.05. The van der Waals surface area contributed by atoms with E-state index in [2.05, 4.69) is 10.3 Å². The van der Waals surface area contributed by atoms with E-state index >= 15 is 0 Å².